The Hall–Kier alpha value is -2.71. The first-order valence-corrected chi connectivity index (χ1v) is 10.2. The van der Waals surface area contributed by atoms with Gasteiger partial charge in [0.05, 0.1) is 12.1 Å². The highest BCUT2D eigenvalue weighted by molar-refractivity contribution is 9.10. The lowest BCUT2D eigenvalue weighted by Crippen LogP contribution is -2.19. The van der Waals surface area contributed by atoms with Crippen molar-refractivity contribution in [2.75, 3.05) is 16.0 Å². The van der Waals surface area contributed by atoms with Gasteiger partial charge in [-0.2, -0.15) is 0 Å². The zero-order valence-corrected chi connectivity index (χ0v) is 17.8. The summed E-state index contributed by atoms with van der Waals surface area (Å²) in [7, 11) is 0. The van der Waals surface area contributed by atoms with Crippen LogP contribution in [0.1, 0.15) is 16.8 Å². The quantitative estimate of drug-likeness (QED) is 0.481. The number of carbonyl (C=O) groups is 2. The lowest BCUT2D eigenvalue weighted by molar-refractivity contribution is -0.115. The zero-order valence-electron chi connectivity index (χ0n) is 15.4. The number of benzene rings is 2. The standard InChI is InChI=1S/C20H19BrN4O2S/c1-12-4-3-5-15(8-12)22-19(27)25-20-23-16(11-28-20)10-18(26)24-17-7-6-14(21)9-13(17)2/h3-9,11H,10H2,1-2H3,(H,24,26)(H2,22,23,25,27). The molecule has 0 aliphatic heterocycles. The molecule has 1 heterocycles. The number of anilines is 3. The number of amides is 3. The maximum absolute atomic E-state index is 12.3. The molecular weight excluding hydrogens is 440 g/mol. The Balaban J connectivity index is 1.54. The Labute approximate surface area is 175 Å². The summed E-state index contributed by atoms with van der Waals surface area (Å²) < 4.78 is 0.960. The second-order valence-electron chi connectivity index (χ2n) is 6.28. The van der Waals surface area contributed by atoms with Gasteiger partial charge >= 0.3 is 6.03 Å². The van der Waals surface area contributed by atoms with E-state index in [4.69, 9.17) is 0 Å². The van der Waals surface area contributed by atoms with Crippen LogP contribution in [0.2, 0.25) is 0 Å². The summed E-state index contributed by atoms with van der Waals surface area (Å²) in [5, 5.41) is 10.5. The predicted molar refractivity (Wildman–Crippen MR) is 117 cm³/mol. The van der Waals surface area contributed by atoms with Crippen LogP contribution in [0.15, 0.2) is 52.3 Å². The van der Waals surface area contributed by atoms with E-state index in [1.54, 1.807) is 5.38 Å². The van der Waals surface area contributed by atoms with Crippen LogP contribution in [0, 0.1) is 13.8 Å². The Bertz CT molecular complexity index is 1020. The average Bonchev–Trinajstić information content (AvgIpc) is 3.04. The molecule has 0 atom stereocenters. The number of hydrogen-bond acceptors (Lipinski definition) is 4. The van der Waals surface area contributed by atoms with Crippen molar-refractivity contribution in [2.24, 2.45) is 0 Å². The van der Waals surface area contributed by atoms with Gasteiger partial charge in [-0.05, 0) is 55.3 Å². The van der Waals surface area contributed by atoms with Gasteiger partial charge in [0, 0.05) is 21.2 Å². The summed E-state index contributed by atoms with van der Waals surface area (Å²) in [6.45, 7) is 3.88. The fourth-order valence-electron chi connectivity index (χ4n) is 2.55. The number of aryl methyl sites for hydroxylation is 2. The summed E-state index contributed by atoms with van der Waals surface area (Å²) in [5.41, 5.74) is 4.10. The van der Waals surface area contributed by atoms with Crippen molar-refractivity contribution in [3.05, 3.63) is 69.1 Å². The molecule has 0 spiro atoms. The Kier molecular flexibility index (Phi) is 6.43. The van der Waals surface area contributed by atoms with E-state index < -0.39 is 0 Å². The molecule has 0 bridgehead atoms. The third-order valence-electron chi connectivity index (χ3n) is 3.85. The first-order chi connectivity index (χ1) is 13.4. The molecular formula is C20H19BrN4O2S. The summed E-state index contributed by atoms with van der Waals surface area (Å²) in [6, 6.07) is 12.8. The highest BCUT2D eigenvalue weighted by Crippen LogP contribution is 2.21. The number of halogens is 1. The molecule has 0 saturated carbocycles. The number of nitrogens with zero attached hydrogens (tertiary/aromatic N) is 1. The molecule has 28 heavy (non-hydrogen) atoms. The van der Waals surface area contributed by atoms with E-state index in [9.17, 15) is 9.59 Å². The van der Waals surface area contributed by atoms with Gasteiger partial charge in [0.1, 0.15) is 0 Å². The van der Waals surface area contributed by atoms with Crippen molar-refractivity contribution in [3.8, 4) is 0 Å². The Morgan fingerprint density at radius 1 is 1.07 bits per heavy atom. The SMILES string of the molecule is Cc1cccc(NC(=O)Nc2nc(CC(=O)Nc3ccc(Br)cc3C)cs2)c1. The number of hydrogen-bond donors (Lipinski definition) is 3. The van der Waals surface area contributed by atoms with E-state index in [1.807, 2.05) is 56.3 Å². The summed E-state index contributed by atoms with van der Waals surface area (Å²) in [4.78, 5) is 28.7. The molecule has 0 aliphatic rings. The third kappa shape index (κ3) is 5.64. The van der Waals surface area contributed by atoms with E-state index in [2.05, 4.69) is 36.9 Å². The third-order valence-corrected chi connectivity index (χ3v) is 5.15. The number of rotatable bonds is 5. The van der Waals surface area contributed by atoms with Gasteiger partial charge in [-0.3, -0.25) is 10.1 Å². The molecule has 0 fully saturated rings. The minimum Gasteiger partial charge on any atom is -0.326 e. The van der Waals surface area contributed by atoms with Gasteiger partial charge in [-0.25, -0.2) is 9.78 Å². The predicted octanol–water partition coefficient (Wildman–Crippen LogP) is 5.35. The van der Waals surface area contributed by atoms with E-state index in [-0.39, 0.29) is 18.4 Å². The van der Waals surface area contributed by atoms with E-state index >= 15 is 0 Å². The summed E-state index contributed by atoms with van der Waals surface area (Å²) in [5.74, 6) is -0.161. The van der Waals surface area contributed by atoms with Crippen LogP contribution in [0.25, 0.3) is 0 Å². The number of carbonyl (C=O) groups excluding carboxylic acids is 2. The number of urea groups is 1. The summed E-state index contributed by atoms with van der Waals surface area (Å²) >= 11 is 4.68. The highest BCUT2D eigenvalue weighted by Gasteiger charge is 2.11. The van der Waals surface area contributed by atoms with Gasteiger partial charge in [-0.15, -0.1) is 11.3 Å². The van der Waals surface area contributed by atoms with Gasteiger partial charge in [0.15, 0.2) is 5.13 Å². The zero-order chi connectivity index (χ0) is 20.1. The maximum Gasteiger partial charge on any atom is 0.325 e. The number of thiazole rings is 1. The molecule has 0 radical (unpaired) electrons. The molecule has 0 aliphatic carbocycles. The van der Waals surface area contributed by atoms with Crippen LogP contribution in [0.4, 0.5) is 21.3 Å². The molecule has 3 rings (SSSR count). The van der Waals surface area contributed by atoms with Crippen molar-refractivity contribution < 1.29 is 9.59 Å². The van der Waals surface area contributed by atoms with Crippen molar-refractivity contribution in [1.29, 1.82) is 0 Å². The maximum atomic E-state index is 12.3. The van der Waals surface area contributed by atoms with Crippen LogP contribution in [-0.4, -0.2) is 16.9 Å². The van der Waals surface area contributed by atoms with Gasteiger partial charge in [-0.1, -0.05) is 28.1 Å². The van der Waals surface area contributed by atoms with Gasteiger partial charge < -0.3 is 10.6 Å². The number of nitrogens with one attached hydrogen (secondary N) is 3. The highest BCUT2D eigenvalue weighted by atomic mass is 79.9. The second-order valence-corrected chi connectivity index (χ2v) is 8.05. The van der Waals surface area contributed by atoms with Crippen molar-refractivity contribution in [1.82, 2.24) is 4.98 Å². The first kappa shape index (κ1) is 20.0. The van der Waals surface area contributed by atoms with Crippen molar-refractivity contribution >= 4 is 55.7 Å². The fourth-order valence-corrected chi connectivity index (χ4v) is 3.73. The molecule has 3 N–H and O–H groups in total. The first-order valence-electron chi connectivity index (χ1n) is 8.54. The molecule has 0 saturated heterocycles. The lowest BCUT2D eigenvalue weighted by Gasteiger charge is -2.08. The normalized spacial score (nSPS) is 10.4. The molecule has 3 aromatic rings. The lowest BCUT2D eigenvalue weighted by atomic mass is 10.2. The molecule has 0 unspecified atom stereocenters. The number of aromatic nitrogens is 1. The van der Waals surface area contributed by atoms with Crippen LogP contribution >= 0.6 is 27.3 Å². The average molecular weight is 459 g/mol. The van der Waals surface area contributed by atoms with Crippen molar-refractivity contribution in [3.63, 3.8) is 0 Å². The topological polar surface area (TPSA) is 83.1 Å². The Morgan fingerprint density at radius 2 is 1.89 bits per heavy atom. The molecule has 3 amide bonds. The molecule has 144 valence electrons. The van der Waals surface area contributed by atoms with E-state index in [1.165, 1.54) is 11.3 Å². The molecule has 2 aromatic carbocycles. The Morgan fingerprint density at radius 3 is 2.64 bits per heavy atom. The molecule has 8 heteroatoms. The molecule has 1 aromatic heterocycles. The van der Waals surface area contributed by atoms with Gasteiger partial charge in [0.25, 0.3) is 0 Å². The van der Waals surface area contributed by atoms with Crippen LogP contribution < -0.4 is 16.0 Å². The largest absolute Gasteiger partial charge is 0.326 e. The smallest absolute Gasteiger partial charge is 0.325 e. The minimum absolute atomic E-state index is 0.132. The van der Waals surface area contributed by atoms with Crippen LogP contribution in [0.5, 0.6) is 0 Å². The second kappa shape index (κ2) is 8.99. The van der Waals surface area contributed by atoms with Crippen LogP contribution in [-0.2, 0) is 11.2 Å². The van der Waals surface area contributed by atoms with Gasteiger partial charge in [0.2, 0.25) is 5.91 Å². The summed E-state index contributed by atoms with van der Waals surface area (Å²) in [6.07, 6.45) is 0.132. The monoisotopic (exact) mass is 458 g/mol. The van der Waals surface area contributed by atoms with E-state index in [0.717, 1.165) is 21.3 Å². The van der Waals surface area contributed by atoms with E-state index in [0.29, 0.717) is 16.5 Å². The molecule has 6 nitrogen and oxygen atoms in total. The van der Waals surface area contributed by atoms with Crippen LogP contribution in [0.3, 0.4) is 0 Å². The van der Waals surface area contributed by atoms with Crippen molar-refractivity contribution in [2.45, 2.75) is 20.3 Å². The fraction of sp³-hybridized carbons (Fsp3) is 0.150. The minimum atomic E-state index is -0.374.